The molecule has 1 amide bonds. The quantitative estimate of drug-likeness (QED) is 0.852. The topological polar surface area (TPSA) is 46.3 Å². The molecular formula is C15H15ClN2O. The third kappa shape index (κ3) is 2.56. The van der Waals surface area contributed by atoms with Crippen LogP contribution in [-0.4, -0.2) is 13.0 Å². The number of para-hydroxylation sites is 1. The maximum atomic E-state index is 12.4. The fourth-order valence-corrected chi connectivity index (χ4v) is 2.00. The molecule has 2 aromatic carbocycles. The zero-order valence-electron chi connectivity index (χ0n) is 10.9. The lowest BCUT2D eigenvalue weighted by molar-refractivity contribution is 0.0994. The normalized spacial score (nSPS) is 10.3. The zero-order valence-corrected chi connectivity index (χ0v) is 11.6. The average molecular weight is 275 g/mol. The lowest BCUT2D eigenvalue weighted by atomic mass is 10.1. The lowest BCUT2D eigenvalue weighted by Gasteiger charge is -2.19. The Labute approximate surface area is 117 Å². The molecule has 0 aromatic heterocycles. The third-order valence-electron chi connectivity index (χ3n) is 3.13. The molecule has 19 heavy (non-hydrogen) atoms. The first-order chi connectivity index (χ1) is 9.02. The van der Waals surface area contributed by atoms with E-state index < -0.39 is 0 Å². The van der Waals surface area contributed by atoms with Gasteiger partial charge in [0.25, 0.3) is 5.91 Å². The van der Waals surface area contributed by atoms with Crippen molar-refractivity contribution in [3.8, 4) is 0 Å². The summed E-state index contributed by atoms with van der Waals surface area (Å²) in [5, 5.41) is 0.566. The smallest absolute Gasteiger partial charge is 0.260 e. The van der Waals surface area contributed by atoms with E-state index in [1.165, 1.54) is 0 Å². The fraction of sp³-hybridized carbons (Fsp3) is 0.133. The molecule has 98 valence electrons. The van der Waals surface area contributed by atoms with Crippen molar-refractivity contribution in [2.24, 2.45) is 0 Å². The number of benzene rings is 2. The van der Waals surface area contributed by atoms with Crippen LogP contribution in [0.25, 0.3) is 0 Å². The van der Waals surface area contributed by atoms with E-state index >= 15 is 0 Å². The average Bonchev–Trinajstić information content (AvgIpc) is 2.44. The minimum Gasteiger partial charge on any atom is -0.398 e. The largest absolute Gasteiger partial charge is 0.398 e. The third-order valence-corrected chi connectivity index (χ3v) is 3.54. The van der Waals surface area contributed by atoms with E-state index in [2.05, 4.69) is 0 Å². The molecule has 0 saturated carbocycles. The first-order valence-corrected chi connectivity index (χ1v) is 6.28. The Morgan fingerprint density at radius 3 is 2.42 bits per heavy atom. The molecule has 0 aliphatic carbocycles. The van der Waals surface area contributed by atoms with Gasteiger partial charge in [-0.15, -0.1) is 0 Å². The Morgan fingerprint density at radius 2 is 1.79 bits per heavy atom. The highest BCUT2D eigenvalue weighted by molar-refractivity contribution is 6.32. The second-order valence-electron chi connectivity index (χ2n) is 4.33. The van der Waals surface area contributed by atoms with Crippen LogP contribution >= 0.6 is 11.6 Å². The lowest BCUT2D eigenvalue weighted by Crippen LogP contribution is -2.27. The molecule has 2 N–H and O–H groups in total. The summed E-state index contributed by atoms with van der Waals surface area (Å²) in [6, 6.07) is 12.8. The van der Waals surface area contributed by atoms with Crippen LogP contribution in [0.15, 0.2) is 42.5 Å². The van der Waals surface area contributed by atoms with Gasteiger partial charge in [-0.2, -0.15) is 0 Å². The van der Waals surface area contributed by atoms with Gasteiger partial charge in [-0.25, -0.2) is 0 Å². The van der Waals surface area contributed by atoms with Crippen LogP contribution in [0.5, 0.6) is 0 Å². The number of amides is 1. The first-order valence-electron chi connectivity index (χ1n) is 5.90. The standard InChI is InChI=1S/C15H15ClN2O/c1-10-13(16)9-8-12(14(10)17)15(19)18(2)11-6-4-3-5-7-11/h3-9H,17H2,1-2H3. The number of carbonyl (C=O) groups excluding carboxylic acids is 1. The van der Waals surface area contributed by atoms with Gasteiger partial charge < -0.3 is 10.6 Å². The van der Waals surface area contributed by atoms with E-state index in [1.807, 2.05) is 30.3 Å². The predicted molar refractivity (Wildman–Crippen MR) is 79.8 cm³/mol. The summed E-state index contributed by atoms with van der Waals surface area (Å²) in [4.78, 5) is 14.0. The van der Waals surface area contributed by atoms with Crippen LogP contribution in [0, 0.1) is 6.92 Å². The van der Waals surface area contributed by atoms with Crippen LogP contribution in [0.2, 0.25) is 5.02 Å². The highest BCUT2D eigenvalue weighted by atomic mass is 35.5. The zero-order chi connectivity index (χ0) is 14.0. The summed E-state index contributed by atoms with van der Waals surface area (Å²) in [5.41, 5.74) is 8.41. The molecule has 0 aliphatic rings. The van der Waals surface area contributed by atoms with Gasteiger partial charge in [-0.3, -0.25) is 4.79 Å². The molecule has 0 radical (unpaired) electrons. The molecule has 0 unspecified atom stereocenters. The Kier molecular flexibility index (Phi) is 3.76. The van der Waals surface area contributed by atoms with Crippen LogP contribution in [0.4, 0.5) is 11.4 Å². The molecule has 4 heteroatoms. The summed E-state index contributed by atoms with van der Waals surface area (Å²) in [7, 11) is 1.72. The molecular weight excluding hydrogens is 260 g/mol. The maximum absolute atomic E-state index is 12.4. The van der Waals surface area contributed by atoms with E-state index in [9.17, 15) is 4.79 Å². The molecule has 0 heterocycles. The number of nitrogens with two attached hydrogens (primary N) is 1. The van der Waals surface area contributed by atoms with Crippen molar-refractivity contribution in [2.75, 3.05) is 17.7 Å². The Bertz CT molecular complexity index is 611. The highest BCUT2D eigenvalue weighted by Gasteiger charge is 2.17. The highest BCUT2D eigenvalue weighted by Crippen LogP contribution is 2.26. The molecule has 2 aromatic rings. The molecule has 0 aliphatic heterocycles. The second kappa shape index (κ2) is 5.33. The van der Waals surface area contributed by atoms with Crippen LogP contribution in [0.1, 0.15) is 15.9 Å². The molecule has 3 nitrogen and oxygen atoms in total. The monoisotopic (exact) mass is 274 g/mol. The van der Waals surface area contributed by atoms with E-state index in [0.717, 1.165) is 11.3 Å². The second-order valence-corrected chi connectivity index (χ2v) is 4.74. The van der Waals surface area contributed by atoms with Gasteiger partial charge in [0.1, 0.15) is 0 Å². The predicted octanol–water partition coefficient (Wildman–Crippen LogP) is 3.51. The van der Waals surface area contributed by atoms with Crippen LogP contribution in [0.3, 0.4) is 0 Å². The van der Waals surface area contributed by atoms with Gasteiger partial charge in [0, 0.05) is 23.4 Å². The molecule has 0 spiro atoms. The van der Waals surface area contributed by atoms with Gasteiger partial charge in [-0.05, 0) is 36.8 Å². The van der Waals surface area contributed by atoms with Gasteiger partial charge >= 0.3 is 0 Å². The number of hydrogen-bond acceptors (Lipinski definition) is 2. The summed E-state index contributed by atoms with van der Waals surface area (Å²) in [6.07, 6.45) is 0. The van der Waals surface area contributed by atoms with E-state index in [0.29, 0.717) is 16.3 Å². The van der Waals surface area contributed by atoms with E-state index in [-0.39, 0.29) is 5.91 Å². The number of hydrogen-bond donors (Lipinski definition) is 1. The summed E-state index contributed by atoms with van der Waals surface area (Å²) in [6.45, 7) is 1.80. The van der Waals surface area contributed by atoms with Crippen molar-refractivity contribution >= 4 is 28.9 Å². The minimum absolute atomic E-state index is 0.150. The SMILES string of the molecule is Cc1c(Cl)ccc(C(=O)N(C)c2ccccc2)c1N. The molecule has 2 rings (SSSR count). The summed E-state index contributed by atoms with van der Waals surface area (Å²) < 4.78 is 0. The minimum atomic E-state index is -0.150. The van der Waals surface area contributed by atoms with Crippen molar-refractivity contribution in [1.29, 1.82) is 0 Å². The van der Waals surface area contributed by atoms with Crippen molar-refractivity contribution in [3.05, 3.63) is 58.6 Å². The molecule has 0 saturated heterocycles. The number of carbonyl (C=O) groups is 1. The number of nitrogens with zero attached hydrogens (tertiary/aromatic N) is 1. The summed E-state index contributed by atoms with van der Waals surface area (Å²) in [5.74, 6) is -0.150. The first kappa shape index (κ1) is 13.4. The Balaban J connectivity index is 2.38. The maximum Gasteiger partial charge on any atom is 0.260 e. The van der Waals surface area contributed by atoms with E-state index in [1.54, 1.807) is 31.0 Å². The number of nitrogen functional groups attached to an aromatic ring is 1. The van der Waals surface area contributed by atoms with Crippen molar-refractivity contribution in [1.82, 2.24) is 0 Å². The fourth-order valence-electron chi connectivity index (χ4n) is 1.84. The van der Waals surface area contributed by atoms with E-state index in [4.69, 9.17) is 17.3 Å². The van der Waals surface area contributed by atoms with Crippen LogP contribution < -0.4 is 10.6 Å². The van der Waals surface area contributed by atoms with Crippen molar-refractivity contribution < 1.29 is 4.79 Å². The molecule has 0 fully saturated rings. The van der Waals surface area contributed by atoms with Crippen molar-refractivity contribution in [2.45, 2.75) is 6.92 Å². The molecule has 0 bridgehead atoms. The van der Waals surface area contributed by atoms with Crippen molar-refractivity contribution in [3.63, 3.8) is 0 Å². The Hall–Kier alpha value is -2.00. The number of halogens is 1. The number of rotatable bonds is 2. The Morgan fingerprint density at radius 1 is 1.16 bits per heavy atom. The molecule has 0 atom stereocenters. The van der Waals surface area contributed by atoms with Gasteiger partial charge in [0.15, 0.2) is 0 Å². The van der Waals surface area contributed by atoms with Gasteiger partial charge in [0.05, 0.1) is 5.56 Å². The number of anilines is 2. The van der Waals surface area contributed by atoms with Gasteiger partial charge in [0.2, 0.25) is 0 Å². The summed E-state index contributed by atoms with van der Waals surface area (Å²) >= 11 is 5.98. The van der Waals surface area contributed by atoms with Crippen LogP contribution in [-0.2, 0) is 0 Å². The van der Waals surface area contributed by atoms with Gasteiger partial charge in [-0.1, -0.05) is 29.8 Å².